The molecule has 0 radical (unpaired) electrons. The number of benzene rings is 1. The van der Waals surface area contributed by atoms with Crippen LogP contribution in [0, 0.1) is 13.8 Å². The molecule has 0 atom stereocenters. The van der Waals surface area contributed by atoms with Gasteiger partial charge >= 0.3 is 6.03 Å². The van der Waals surface area contributed by atoms with Crippen molar-refractivity contribution in [1.29, 1.82) is 0 Å². The Morgan fingerprint density at radius 1 is 1.18 bits per heavy atom. The number of nitrogens with one attached hydrogen (secondary N) is 1. The van der Waals surface area contributed by atoms with E-state index < -0.39 is 0 Å². The zero-order chi connectivity index (χ0) is 20.4. The quantitative estimate of drug-likeness (QED) is 0.833. The predicted octanol–water partition coefficient (Wildman–Crippen LogP) is 2.34. The van der Waals surface area contributed by atoms with Gasteiger partial charge in [-0.05, 0) is 26.0 Å². The van der Waals surface area contributed by atoms with Crippen LogP contribution in [0.3, 0.4) is 0 Å². The van der Waals surface area contributed by atoms with Crippen LogP contribution in [0.1, 0.15) is 20.9 Å². The highest BCUT2D eigenvalue weighted by Crippen LogP contribution is 2.24. The second kappa shape index (κ2) is 7.97. The van der Waals surface area contributed by atoms with Gasteiger partial charge in [-0.25, -0.2) is 9.78 Å². The van der Waals surface area contributed by atoms with Crippen molar-refractivity contribution in [2.24, 2.45) is 0 Å². The molecule has 4 amide bonds. The van der Waals surface area contributed by atoms with Crippen LogP contribution in [0.5, 0.6) is 0 Å². The molecule has 1 aromatic carbocycles. The fraction of sp³-hybridized carbons (Fsp3) is 0.368. The highest BCUT2D eigenvalue weighted by atomic mass is 32.1. The number of nitrogens with zero attached hydrogens (tertiary/aromatic N) is 4. The number of amides is 4. The number of hydrogen-bond acceptors (Lipinski definition) is 5. The summed E-state index contributed by atoms with van der Waals surface area (Å²) in [5.74, 6) is -0.490. The van der Waals surface area contributed by atoms with Crippen molar-refractivity contribution in [2.45, 2.75) is 13.8 Å². The third-order valence-corrected chi connectivity index (χ3v) is 5.48. The van der Waals surface area contributed by atoms with Crippen LogP contribution in [-0.4, -0.2) is 66.4 Å². The molecule has 1 N–H and O–H groups in total. The smallest absolute Gasteiger partial charge is 0.325 e. The average molecular weight is 401 g/mol. The van der Waals surface area contributed by atoms with Crippen molar-refractivity contribution in [2.75, 3.05) is 43.9 Å². The van der Waals surface area contributed by atoms with E-state index in [4.69, 9.17) is 0 Å². The van der Waals surface area contributed by atoms with Crippen LogP contribution >= 0.6 is 11.3 Å². The lowest BCUT2D eigenvalue weighted by atomic mass is 10.2. The van der Waals surface area contributed by atoms with Gasteiger partial charge < -0.3 is 15.1 Å². The molecular weight excluding hydrogens is 378 g/mol. The first-order valence-corrected chi connectivity index (χ1v) is 9.70. The van der Waals surface area contributed by atoms with E-state index in [1.165, 1.54) is 9.80 Å². The van der Waals surface area contributed by atoms with Crippen molar-refractivity contribution in [3.8, 4) is 0 Å². The van der Waals surface area contributed by atoms with E-state index in [0.29, 0.717) is 28.8 Å². The summed E-state index contributed by atoms with van der Waals surface area (Å²) in [4.78, 5) is 46.4. The average Bonchev–Trinajstić information content (AvgIpc) is 3.18. The van der Waals surface area contributed by atoms with Gasteiger partial charge in [0.05, 0.1) is 5.69 Å². The second-order valence-electron chi connectivity index (χ2n) is 6.87. The minimum absolute atomic E-state index is 0.0587. The zero-order valence-electron chi connectivity index (χ0n) is 16.4. The molecule has 3 rings (SSSR count). The van der Waals surface area contributed by atoms with E-state index in [9.17, 15) is 14.4 Å². The summed E-state index contributed by atoms with van der Waals surface area (Å²) < 4.78 is 0. The number of thiazole rings is 1. The van der Waals surface area contributed by atoms with Crippen LogP contribution in [-0.2, 0) is 4.79 Å². The Hall–Kier alpha value is -2.94. The van der Waals surface area contributed by atoms with E-state index in [2.05, 4.69) is 10.3 Å². The Bertz CT molecular complexity index is 907. The molecule has 1 aromatic heterocycles. The van der Waals surface area contributed by atoms with Crippen molar-refractivity contribution in [3.63, 3.8) is 0 Å². The largest absolute Gasteiger partial charge is 0.344 e. The minimum Gasteiger partial charge on any atom is -0.344 e. The molecule has 2 aromatic rings. The van der Waals surface area contributed by atoms with Gasteiger partial charge in [0.1, 0.15) is 11.4 Å². The van der Waals surface area contributed by atoms with Crippen molar-refractivity contribution in [1.82, 2.24) is 14.8 Å². The van der Waals surface area contributed by atoms with Crippen molar-refractivity contribution >= 4 is 40.0 Å². The number of anilines is 2. The molecular formula is C19H23N5O3S. The lowest BCUT2D eigenvalue weighted by molar-refractivity contribution is -0.116. The summed E-state index contributed by atoms with van der Waals surface area (Å²) in [5.41, 5.74) is 2.51. The lowest BCUT2D eigenvalue weighted by Crippen LogP contribution is -2.37. The Labute approximate surface area is 167 Å². The number of rotatable bonds is 5. The van der Waals surface area contributed by atoms with E-state index in [1.54, 1.807) is 25.9 Å². The number of carbonyl (C=O) groups excluding carboxylic acids is 3. The summed E-state index contributed by atoms with van der Waals surface area (Å²) in [5, 5.41) is 3.05. The first-order chi connectivity index (χ1) is 13.3. The Morgan fingerprint density at radius 2 is 1.86 bits per heavy atom. The molecule has 9 heteroatoms. The lowest BCUT2D eigenvalue weighted by Gasteiger charge is -2.18. The van der Waals surface area contributed by atoms with Gasteiger partial charge in [0.25, 0.3) is 5.91 Å². The molecule has 8 nitrogen and oxygen atoms in total. The molecule has 148 valence electrons. The highest BCUT2D eigenvalue weighted by Gasteiger charge is 2.31. The number of aryl methyl sites for hydroxylation is 2. The number of urea groups is 1. The van der Waals surface area contributed by atoms with Crippen molar-refractivity contribution < 1.29 is 14.4 Å². The van der Waals surface area contributed by atoms with Crippen LogP contribution in [0.4, 0.5) is 15.6 Å². The molecule has 0 saturated carbocycles. The maximum atomic E-state index is 12.6. The van der Waals surface area contributed by atoms with Gasteiger partial charge in [-0.15, -0.1) is 0 Å². The van der Waals surface area contributed by atoms with Gasteiger partial charge in [0.2, 0.25) is 5.91 Å². The third-order valence-electron chi connectivity index (χ3n) is 4.42. The van der Waals surface area contributed by atoms with Gasteiger partial charge in [-0.2, -0.15) is 0 Å². The van der Waals surface area contributed by atoms with E-state index >= 15 is 0 Å². The van der Waals surface area contributed by atoms with Gasteiger partial charge in [-0.1, -0.05) is 29.0 Å². The minimum atomic E-state index is -0.336. The van der Waals surface area contributed by atoms with Crippen molar-refractivity contribution in [3.05, 3.63) is 40.4 Å². The van der Waals surface area contributed by atoms with Crippen LogP contribution in [0.2, 0.25) is 0 Å². The predicted molar refractivity (Wildman–Crippen MR) is 109 cm³/mol. The maximum Gasteiger partial charge on any atom is 0.325 e. The van der Waals surface area contributed by atoms with E-state index in [-0.39, 0.29) is 24.4 Å². The molecule has 0 unspecified atom stereocenters. The third kappa shape index (κ3) is 4.14. The van der Waals surface area contributed by atoms with Gasteiger partial charge in [-0.3, -0.25) is 14.5 Å². The molecule has 1 aliphatic rings. The number of aromatic nitrogens is 1. The first-order valence-electron chi connectivity index (χ1n) is 8.88. The van der Waals surface area contributed by atoms with Gasteiger partial charge in [0, 0.05) is 32.9 Å². The number of hydrogen-bond donors (Lipinski definition) is 1. The maximum absolute atomic E-state index is 12.6. The summed E-state index contributed by atoms with van der Waals surface area (Å²) in [6, 6.07) is 7.51. The Balaban J connectivity index is 1.61. The summed E-state index contributed by atoms with van der Waals surface area (Å²) in [7, 11) is 3.33. The molecule has 0 aliphatic carbocycles. The van der Waals surface area contributed by atoms with Crippen LogP contribution < -0.4 is 10.2 Å². The zero-order valence-corrected chi connectivity index (χ0v) is 17.2. The molecule has 1 aliphatic heterocycles. The standard InChI is InChI=1S/C19H23N5O3S/c1-12-5-7-14(8-6-12)24-10-9-23(19(24)27)11-15(25)21-18-20-13(2)16(28-18)17(26)22(3)4/h5-8H,9-11H2,1-4H3,(H,20,21,25). The number of carbonyl (C=O) groups is 3. The highest BCUT2D eigenvalue weighted by molar-refractivity contribution is 7.17. The molecule has 0 bridgehead atoms. The van der Waals surface area contributed by atoms with Gasteiger partial charge in [0.15, 0.2) is 5.13 Å². The van der Waals surface area contributed by atoms with Crippen LogP contribution in [0.25, 0.3) is 0 Å². The summed E-state index contributed by atoms with van der Waals surface area (Å²) in [6.45, 7) is 4.67. The normalized spacial score (nSPS) is 13.8. The molecule has 2 heterocycles. The SMILES string of the molecule is Cc1ccc(N2CCN(CC(=O)Nc3nc(C)c(C(=O)N(C)C)s3)C2=O)cc1. The monoisotopic (exact) mass is 401 g/mol. The second-order valence-corrected chi connectivity index (χ2v) is 7.87. The molecule has 28 heavy (non-hydrogen) atoms. The fourth-order valence-electron chi connectivity index (χ4n) is 2.88. The summed E-state index contributed by atoms with van der Waals surface area (Å²) >= 11 is 1.13. The molecule has 1 fully saturated rings. The molecule has 1 saturated heterocycles. The Kier molecular flexibility index (Phi) is 5.64. The topological polar surface area (TPSA) is 85.8 Å². The van der Waals surface area contributed by atoms with E-state index in [1.807, 2.05) is 31.2 Å². The molecule has 0 spiro atoms. The first kappa shape index (κ1) is 19.8. The fourth-order valence-corrected chi connectivity index (χ4v) is 3.88. The summed E-state index contributed by atoms with van der Waals surface area (Å²) in [6.07, 6.45) is 0. The van der Waals surface area contributed by atoms with Crippen LogP contribution in [0.15, 0.2) is 24.3 Å². The van der Waals surface area contributed by atoms with E-state index in [0.717, 1.165) is 22.6 Å². The Morgan fingerprint density at radius 3 is 2.50 bits per heavy atom.